The molecule has 21 heavy (non-hydrogen) atoms. The fourth-order valence-electron chi connectivity index (χ4n) is 2.46. The third-order valence-corrected chi connectivity index (χ3v) is 3.48. The van der Waals surface area contributed by atoms with Gasteiger partial charge in [-0.25, -0.2) is 0 Å². The number of hydrogen-bond acceptors (Lipinski definition) is 4. The molecule has 1 aliphatic heterocycles. The minimum Gasteiger partial charge on any atom is -0.494 e. The molecule has 0 saturated heterocycles. The molecule has 4 heteroatoms. The van der Waals surface area contributed by atoms with Gasteiger partial charge in [-0.3, -0.25) is 0 Å². The van der Waals surface area contributed by atoms with Crippen LogP contribution in [0.4, 0.5) is 0 Å². The third-order valence-electron chi connectivity index (χ3n) is 3.48. The SMILES string of the molecule is CCOc1ccc(C(N)c2cccc3c2OCCO3)cc1. The summed E-state index contributed by atoms with van der Waals surface area (Å²) in [4.78, 5) is 0. The second-order valence-corrected chi connectivity index (χ2v) is 4.85. The van der Waals surface area contributed by atoms with Gasteiger partial charge >= 0.3 is 0 Å². The first-order chi connectivity index (χ1) is 10.3. The van der Waals surface area contributed by atoms with Crippen molar-refractivity contribution in [3.63, 3.8) is 0 Å². The number of rotatable bonds is 4. The summed E-state index contributed by atoms with van der Waals surface area (Å²) in [6, 6.07) is 13.4. The minimum atomic E-state index is -0.252. The Bertz CT molecular complexity index is 610. The van der Waals surface area contributed by atoms with Gasteiger partial charge in [0.15, 0.2) is 11.5 Å². The molecular formula is C17H19NO3. The smallest absolute Gasteiger partial charge is 0.166 e. The molecule has 0 spiro atoms. The number of fused-ring (bicyclic) bond motifs is 1. The highest BCUT2D eigenvalue weighted by Crippen LogP contribution is 2.38. The molecule has 3 rings (SSSR count). The Morgan fingerprint density at radius 2 is 1.86 bits per heavy atom. The molecule has 110 valence electrons. The molecule has 1 heterocycles. The first kappa shape index (κ1) is 13.8. The van der Waals surface area contributed by atoms with Crippen LogP contribution in [-0.2, 0) is 0 Å². The van der Waals surface area contributed by atoms with E-state index in [2.05, 4.69) is 0 Å². The van der Waals surface area contributed by atoms with Crippen LogP contribution in [0.5, 0.6) is 17.2 Å². The summed E-state index contributed by atoms with van der Waals surface area (Å²) >= 11 is 0. The molecule has 0 bridgehead atoms. The van der Waals surface area contributed by atoms with Crippen LogP contribution in [0.1, 0.15) is 24.1 Å². The summed E-state index contributed by atoms with van der Waals surface area (Å²) in [6.45, 7) is 3.75. The Balaban J connectivity index is 1.89. The molecule has 0 amide bonds. The molecule has 4 nitrogen and oxygen atoms in total. The van der Waals surface area contributed by atoms with E-state index in [0.717, 1.165) is 28.4 Å². The molecular weight excluding hydrogens is 266 g/mol. The van der Waals surface area contributed by atoms with Crippen molar-refractivity contribution in [1.29, 1.82) is 0 Å². The van der Waals surface area contributed by atoms with E-state index in [0.29, 0.717) is 19.8 Å². The number of para-hydroxylation sites is 1. The molecule has 0 radical (unpaired) electrons. The van der Waals surface area contributed by atoms with E-state index in [4.69, 9.17) is 19.9 Å². The van der Waals surface area contributed by atoms with Crippen molar-refractivity contribution in [2.75, 3.05) is 19.8 Å². The Labute approximate surface area is 124 Å². The molecule has 0 fully saturated rings. The Hall–Kier alpha value is -2.20. The highest BCUT2D eigenvalue weighted by molar-refractivity contribution is 5.51. The van der Waals surface area contributed by atoms with Crippen LogP contribution in [0.2, 0.25) is 0 Å². The van der Waals surface area contributed by atoms with Crippen LogP contribution in [-0.4, -0.2) is 19.8 Å². The van der Waals surface area contributed by atoms with Gasteiger partial charge in [-0.2, -0.15) is 0 Å². The lowest BCUT2D eigenvalue weighted by Gasteiger charge is -2.23. The molecule has 2 N–H and O–H groups in total. The zero-order valence-electron chi connectivity index (χ0n) is 12.0. The second-order valence-electron chi connectivity index (χ2n) is 4.85. The maximum Gasteiger partial charge on any atom is 0.166 e. The Kier molecular flexibility index (Phi) is 3.97. The molecule has 0 saturated carbocycles. The van der Waals surface area contributed by atoms with E-state index in [1.54, 1.807) is 0 Å². The Morgan fingerprint density at radius 1 is 1.10 bits per heavy atom. The van der Waals surface area contributed by atoms with Crippen LogP contribution >= 0.6 is 0 Å². The third kappa shape index (κ3) is 2.81. The Morgan fingerprint density at radius 3 is 2.62 bits per heavy atom. The summed E-state index contributed by atoms with van der Waals surface area (Å²) in [7, 11) is 0. The van der Waals surface area contributed by atoms with Gasteiger partial charge in [-0.1, -0.05) is 24.3 Å². The van der Waals surface area contributed by atoms with Crippen molar-refractivity contribution in [3.05, 3.63) is 53.6 Å². The van der Waals surface area contributed by atoms with Crippen LogP contribution in [0.15, 0.2) is 42.5 Å². The topological polar surface area (TPSA) is 53.7 Å². The maximum atomic E-state index is 6.39. The van der Waals surface area contributed by atoms with Gasteiger partial charge < -0.3 is 19.9 Å². The lowest BCUT2D eigenvalue weighted by atomic mass is 9.98. The molecule has 2 aromatic carbocycles. The van der Waals surface area contributed by atoms with Crippen LogP contribution in [0.25, 0.3) is 0 Å². The normalized spacial score (nSPS) is 14.6. The molecule has 1 atom stereocenters. The standard InChI is InChI=1S/C17H19NO3/c1-2-19-13-8-6-12(7-9-13)16(18)14-4-3-5-15-17(14)21-11-10-20-15/h3-9,16H,2,10-11,18H2,1H3. The van der Waals surface area contributed by atoms with Crippen LogP contribution < -0.4 is 19.9 Å². The summed E-state index contributed by atoms with van der Waals surface area (Å²) in [6.07, 6.45) is 0. The monoisotopic (exact) mass is 285 g/mol. The van der Waals surface area contributed by atoms with Crippen LogP contribution in [0, 0.1) is 0 Å². The fourth-order valence-corrected chi connectivity index (χ4v) is 2.46. The van der Waals surface area contributed by atoms with Crippen molar-refractivity contribution < 1.29 is 14.2 Å². The fraction of sp³-hybridized carbons (Fsp3) is 0.294. The summed E-state index contributed by atoms with van der Waals surface area (Å²) in [5.74, 6) is 2.37. The predicted molar refractivity (Wildman–Crippen MR) is 81.1 cm³/mol. The van der Waals surface area contributed by atoms with Gasteiger partial charge in [0.05, 0.1) is 12.6 Å². The van der Waals surface area contributed by atoms with E-state index in [1.165, 1.54) is 0 Å². The minimum absolute atomic E-state index is 0.252. The lowest BCUT2D eigenvalue weighted by Crippen LogP contribution is -2.20. The summed E-state index contributed by atoms with van der Waals surface area (Å²) in [5, 5.41) is 0. The van der Waals surface area contributed by atoms with Gasteiger partial charge in [0, 0.05) is 5.56 Å². The molecule has 0 aliphatic carbocycles. The summed E-state index contributed by atoms with van der Waals surface area (Å²) < 4.78 is 16.8. The predicted octanol–water partition coefficient (Wildman–Crippen LogP) is 2.90. The average Bonchev–Trinajstić information content (AvgIpc) is 2.55. The van der Waals surface area contributed by atoms with E-state index >= 15 is 0 Å². The van der Waals surface area contributed by atoms with E-state index in [1.807, 2.05) is 49.4 Å². The van der Waals surface area contributed by atoms with Gasteiger partial charge in [0.25, 0.3) is 0 Å². The molecule has 1 aliphatic rings. The maximum absolute atomic E-state index is 6.39. The van der Waals surface area contributed by atoms with Gasteiger partial charge in [0.2, 0.25) is 0 Å². The van der Waals surface area contributed by atoms with E-state index < -0.39 is 0 Å². The quantitative estimate of drug-likeness (QED) is 0.938. The van der Waals surface area contributed by atoms with Crippen LogP contribution in [0.3, 0.4) is 0 Å². The van der Waals surface area contributed by atoms with Gasteiger partial charge in [-0.15, -0.1) is 0 Å². The second kappa shape index (κ2) is 6.06. The van der Waals surface area contributed by atoms with Crippen molar-refractivity contribution >= 4 is 0 Å². The van der Waals surface area contributed by atoms with Gasteiger partial charge in [-0.05, 0) is 30.7 Å². The number of hydrogen-bond donors (Lipinski definition) is 1. The average molecular weight is 285 g/mol. The van der Waals surface area contributed by atoms with Crippen molar-refractivity contribution in [2.45, 2.75) is 13.0 Å². The van der Waals surface area contributed by atoms with Crippen molar-refractivity contribution in [2.24, 2.45) is 5.73 Å². The summed E-state index contributed by atoms with van der Waals surface area (Å²) in [5.41, 5.74) is 8.34. The lowest BCUT2D eigenvalue weighted by molar-refractivity contribution is 0.169. The largest absolute Gasteiger partial charge is 0.494 e. The van der Waals surface area contributed by atoms with E-state index in [-0.39, 0.29) is 6.04 Å². The van der Waals surface area contributed by atoms with E-state index in [9.17, 15) is 0 Å². The first-order valence-corrected chi connectivity index (χ1v) is 7.16. The first-order valence-electron chi connectivity index (χ1n) is 7.16. The number of benzene rings is 2. The number of ether oxygens (including phenoxy) is 3. The highest BCUT2D eigenvalue weighted by Gasteiger charge is 2.20. The number of nitrogens with two attached hydrogens (primary N) is 1. The van der Waals surface area contributed by atoms with Crippen molar-refractivity contribution in [3.8, 4) is 17.2 Å². The molecule has 1 unspecified atom stereocenters. The molecule has 0 aromatic heterocycles. The molecule has 2 aromatic rings. The van der Waals surface area contributed by atoms with Crippen molar-refractivity contribution in [1.82, 2.24) is 0 Å². The highest BCUT2D eigenvalue weighted by atomic mass is 16.6. The zero-order chi connectivity index (χ0) is 14.7. The zero-order valence-corrected chi connectivity index (χ0v) is 12.0. The van der Waals surface area contributed by atoms with Gasteiger partial charge in [0.1, 0.15) is 19.0 Å².